The summed E-state index contributed by atoms with van der Waals surface area (Å²) < 4.78 is 36.9. The van der Waals surface area contributed by atoms with Gasteiger partial charge in [-0.25, -0.2) is 13.6 Å². The first-order valence-electron chi connectivity index (χ1n) is 8.22. The van der Waals surface area contributed by atoms with E-state index < -0.39 is 17.7 Å². The highest BCUT2D eigenvalue weighted by molar-refractivity contribution is 5.99. The first kappa shape index (κ1) is 17.1. The Morgan fingerprint density at radius 3 is 2.67 bits per heavy atom. The predicted octanol–water partition coefficient (Wildman–Crippen LogP) is 2.57. The maximum atomic E-state index is 13.4. The van der Waals surface area contributed by atoms with Gasteiger partial charge >= 0.3 is 6.03 Å². The second-order valence-electron chi connectivity index (χ2n) is 6.07. The molecule has 0 spiro atoms. The molecule has 9 heteroatoms. The van der Waals surface area contributed by atoms with Gasteiger partial charge in [0.05, 0.1) is 0 Å². The van der Waals surface area contributed by atoms with Crippen molar-refractivity contribution in [3.8, 4) is 11.5 Å². The van der Waals surface area contributed by atoms with E-state index in [-0.39, 0.29) is 31.5 Å². The van der Waals surface area contributed by atoms with Crippen molar-refractivity contribution >= 4 is 23.3 Å². The molecule has 2 aromatic carbocycles. The van der Waals surface area contributed by atoms with Crippen LogP contribution in [0.1, 0.15) is 0 Å². The molecule has 140 valence electrons. The van der Waals surface area contributed by atoms with E-state index >= 15 is 0 Å². The number of rotatable bonds is 4. The highest BCUT2D eigenvalue weighted by Crippen LogP contribution is 2.34. The van der Waals surface area contributed by atoms with Crippen LogP contribution in [0.5, 0.6) is 11.5 Å². The summed E-state index contributed by atoms with van der Waals surface area (Å²) in [6, 6.07) is 7.80. The number of fused-ring (bicyclic) bond motifs is 1. The van der Waals surface area contributed by atoms with E-state index in [1.165, 1.54) is 15.9 Å². The maximum Gasteiger partial charge on any atom is 0.325 e. The number of benzene rings is 2. The van der Waals surface area contributed by atoms with E-state index in [2.05, 4.69) is 5.32 Å². The number of carbonyl (C=O) groups excluding carboxylic acids is 2. The Hall–Kier alpha value is -3.36. The summed E-state index contributed by atoms with van der Waals surface area (Å²) in [5.41, 5.74) is 0.769. The van der Waals surface area contributed by atoms with Crippen molar-refractivity contribution in [1.82, 2.24) is 4.90 Å². The largest absolute Gasteiger partial charge is 0.454 e. The van der Waals surface area contributed by atoms with E-state index in [1.807, 2.05) is 0 Å². The van der Waals surface area contributed by atoms with Crippen LogP contribution in [0.4, 0.5) is 25.0 Å². The summed E-state index contributed by atoms with van der Waals surface area (Å²) in [4.78, 5) is 27.4. The van der Waals surface area contributed by atoms with Crippen LogP contribution < -0.4 is 19.7 Å². The van der Waals surface area contributed by atoms with E-state index in [0.29, 0.717) is 23.7 Å². The standard InChI is InChI=1S/C18H15F2N3O4/c19-13-3-2-12(8-14(13)20)23-6-5-22(18(23)25)9-17(24)21-11-1-4-15-16(7-11)27-10-26-15/h1-4,7-8H,5-6,9-10H2,(H,21,24). The summed E-state index contributed by atoms with van der Waals surface area (Å²) in [6.07, 6.45) is 0. The molecule has 0 saturated carbocycles. The highest BCUT2D eigenvalue weighted by atomic mass is 19.2. The number of nitrogens with one attached hydrogen (secondary N) is 1. The van der Waals surface area contributed by atoms with Gasteiger partial charge in [0.15, 0.2) is 23.1 Å². The van der Waals surface area contributed by atoms with Gasteiger partial charge in [0.25, 0.3) is 0 Å². The minimum absolute atomic E-state index is 0.134. The third-order valence-electron chi connectivity index (χ3n) is 4.30. The Kier molecular flexibility index (Phi) is 4.27. The van der Waals surface area contributed by atoms with Gasteiger partial charge in [0.1, 0.15) is 6.54 Å². The average molecular weight is 375 g/mol. The normalized spacial score (nSPS) is 15.4. The minimum atomic E-state index is -1.03. The number of nitrogens with zero attached hydrogens (tertiary/aromatic N) is 2. The van der Waals surface area contributed by atoms with E-state index in [4.69, 9.17) is 9.47 Å². The zero-order chi connectivity index (χ0) is 19.0. The van der Waals surface area contributed by atoms with Gasteiger partial charge in [-0.3, -0.25) is 9.69 Å². The molecule has 27 heavy (non-hydrogen) atoms. The maximum absolute atomic E-state index is 13.4. The molecule has 0 bridgehead atoms. The lowest BCUT2D eigenvalue weighted by atomic mass is 10.2. The summed E-state index contributed by atoms with van der Waals surface area (Å²) in [7, 11) is 0. The lowest BCUT2D eigenvalue weighted by Gasteiger charge is -2.18. The number of amides is 3. The molecule has 1 N–H and O–H groups in total. The van der Waals surface area contributed by atoms with E-state index in [1.54, 1.807) is 18.2 Å². The fourth-order valence-corrected chi connectivity index (χ4v) is 2.97. The number of halogens is 2. The van der Waals surface area contributed by atoms with Crippen LogP contribution >= 0.6 is 0 Å². The van der Waals surface area contributed by atoms with Gasteiger partial charge in [-0.05, 0) is 24.3 Å². The second kappa shape index (κ2) is 6.75. The molecule has 0 unspecified atom stereocenters. The molecule has 0 atom stereocenters. The molecule has 4 rings (SSSR count). The third-order valence-corrected chi connectivity index (χ3v) is 4.30. The summed E-state index contributed by atoms with van der Waals surface area (Å²) >= 11 is 0. The van der Waals surface area contributed by atoms with Crippen LogP contribution in [0.25, 0.3) is 0 Å². The van der Waals surface area contributed by atoms with Crippen LogP contribution in [0.15, 0.2) is 36.4 Å². The molecule has 1 saturated heterocycles. The summed E-state index contributed by atoms with van der Waals surface area (Å²) in [5, 5.41) is 2.69. The van der Waals surface area contributed by atoms with Crippen molar-refractivity contribution in [2.75, 3.05) is 36.6 Å². The van der Waals surface area contributed by atoms with Crippen molar-refractivity contribution < 1.29 is 27.8 Å². The summed E-state index contributed by atoms with van der Waals surface area (Å²) in [5.74, 6) is -1.25. The van der Waals surface area contributed by atoms with Gasteiger partial charge in [-0.15, -0.1) is 0 Å². The molecule has 2 aliphatic heterocycles. The number of hydrogen-bond donors (Lipinski definition) is 1. The summed E-state index contributed by atoms with van der Waals surface area (Å²) in [6.45, 7) is 0.551. The fraction of sp³-hybridized carbons (Fsp3) is 0.222. The molecule has 3 amide bonds. The molecule has 2 aliphatic rings. The number of urea groups is 1. The van der Waals surface area contributed by atoms with E-state index in [9.17, 15) is 18.4 Å². The smallest absolute Gasteiger partial charge is 0.325 e. The van der Waals surface area contributed by atoms with Gasteiger partial charge < -0.3 is 19.7 Å². The SMILES string of the molecule is O=C(CN1CCN(c2ccc(F)c(F)c2)C1=O)Nc1ccc2c(c1)OCO2. The number of anilines is 2. The Morgan fingerprint density at radius 2 is 1.85 bits per heavy atom. The molecule has 0 aromatic heterocycles. The fourth-order valence-electron chi connectivity index (χ4n) is 2.97. The van der Waals surface area contributed by atoms with Gasteiger partial charge in [-0.1, -0.05) is 0 Å². The zero-order valence-corrected chi connectivity index (χ0v) is 14.1. The van der Waals surface area contributed by atoms with Gasteiger partial charge in [0, 0.05) is 36.6 Å². The molecular formula is C18H15F2N3O4. The van der Waals surface area contributed by atoms with Gasteiger partial charge in [-0.2, -0.15) is 0 Å². The van der Waals surface area contributed by atoms with Crippen molar-refractivity contribution in [2.45, 2.75) is 0 Å². The van der Waals surface area contributed by atoms with Crippen molar-refractivity contribution in [3.63, 3.8) is 0 Å². The molecular weight excluding hydrogens is 360 g/mol. The number of hydrogen-bond acceptors (Lipinski definition) is 4. The Bertz CT molecular complexity index is 921. The lowest BCUT2D eigenvalue weighted by molar-refractivity contribution is -0.116. The van der Waals surface area contributed by atoms with Crippen molar-refractivity contribution in [1.29, 1.82) is 0 Å². The topological polar surface area (TPSA) is 71.1 Å². The molecule has 0 radical (unpaired) electrons. The number of ether oxygens (including phenoxy) is 2. The van der Waals surface area contributed by atoms with Crippen LogP contribution in [0, 0.1) is 11.6 Å². The van der Waals surface area contributed by atoms with Crippen LogP contribution in [0.3, 0.4) is 0 Å². The Labute approximate surface area is 153 Å². The van der Waals surface area contributed by atoms with Crippen LogP contribution in [-0.4, -0.2) is 43.3 Å². The van der Waals surface area contributed by atoms with Crippen molar-refractivity contribution in [3.05, 3.63) is 48.0 Å². The lowest BCUT2D eigenvalue weighted by Crippen LogP contribution is -2.37. The monoisotopic (exact) mass is 375 g/mol. The molecule has 7 nitrogen and oxygen atoms in total. The van der Waals surface area contributed by atoms with Crippen LogP contribution in [-0.2, 0) is 4.79 Å². The van der Waals surface area contributed by atoms with Gasteiger partial charge in [0.2, 0.25) is 12.7 Å². The highest BCUT2D eigenvalue weighted by Gasteiger charge is 2.31. The first-order valence-corrected chi connectivity index (χ1v) is 8.22. The quantitative estimate of drug-likeness (QED) is 0.892. The van der Waals surface area contributed by atoms with Crippen molar-refractivity contribution in [2.24, 2.45) is 0 Å². The third kappa shape index (κ3) is 3.35. The molecule has 0 aliphatic carbocycles. The second-order valence-corrected chi connectivity index (χ2v) is 6.07. The number of carbonyl (C=O) groups is 2. The predicted molar refractivity (Wildman–Crippen MR) is 91.9 cm³/mol. The molecule has 1 fully saturated rings. The average Bonchev–Trinajstić information content (AvgIpc) is 3.24. The zero-order valence-electron chi connectivity index (χ0n) is 14.1. The molecule has 2 heterocycles. The van der Waals surface area contributed by atoms with Crippen LogP contribution in [0.2, 0.25) is 0 Å². The molecule has 2 aromatic rings. The minimum Gasteiger partial charge on any atom is -0.454 e. The Morgan fingerprint density at radius 1 is 1.04 bits per heavy atom. The van der Waals surface area contributed by atoms with E-state index in [0.717, 1.165) is 12.1 Å². The first-order chi connectivity index (χ1) is 13.0. The Balaban J connectivity index is 1.39.